The van der Waals surface area contributed by atoms with Crippen LogP contribution < -0.4 is 15.5 Å². The molecule has 0 saturated carbocycles. The average Bonchev–Trinajstić information content (AvgIpc) is 2.69. The van der Waals surface area contributed by atoms with Crippen molar-refractivity contribution in [2.24, 2.45) is 7.05 Å². The number of halogens is 1. The van der Waals surface area contributed by atoms with Crippen molar-refractivity contribution in [3.63, 3.8) is 0 Å². The summed E-state index contributed by atoms with van der Waals surface area (Å²) in [5.41, 5.74) is 1.21. The number of anilines is 1. The molecule has 1 heterocycles. The van der Waals surface area contributed by atoms with E-state index in [2.05, 4.69) is 5.32 Å². The van der Waals surface area contributed by atoms with Gasteiger partial charge in [-0.2, -0.15) is 0 Å². The van der Waals surface area contributed by atoms with Gasteiger partial charge in [0.2, 0.25) is 5.43 Å². The predicted molar refractivity (Wildman–Crippen MR) is 109 cm³/mol. The summed E-state index contributed by atoms with van der Waals surface area (Å²) in [7, 11) is 1.66. The number of pyridine rings is 1. The molecule has 7 heteroatoms. The monoisotopic (exact) mass is 398 g/mol. The highest BCUT2D eigenvalue weighted by Gasteiger charge is 2.13. The van der Waals surface area contributed by atoms with Crippen LogP contribution in [0, 0.1) is 5.82 Å². The van der Waals surface area contributed by atoms with Crippen LogP contribution in [0.3, 0.4) is 0 Å². The summed E-state index contributed by atoms with van der Waals surface area (Å²) in [6, 6.07) is 14.5. The van der Waals surface area contributed by atoms with Crippen LogP contribution in [0.5, 0.6) is 5.75 Å². The minimum atomic E-state index is -0.400. The summed E-state index contributed by atoms with van der Waals surface area (Å²) in [5, 5.41) is 2.80. The Bertz CT molecular complexity index is 1050. The van der Waals surface area contributed by atoms with Gasteiger partial charge >= 0.3 is 0 Å². The van der Waals surface area contributed by atoms with Crippen LogP contribution in [0.25, 0.3) is 0 Å². The van der Waals surface area contributed by atoms with Crippen molar-refractivity contribution in [3.8, 4) is 5.75 Å². The molecular weight excluding hydrogens is 379 g/mol. The molecule has 0 bridgehead atoms. The van der Waals surface area contributed by atoms with Crippen molar-refractivity contribution < 1.29 is 13.9 Å². The first kappa shape index (κ1) is 19.7. The average molecular weight is 398 g/mol. The van der Waals surface area contributed by atoms with E-state index in [0.29, 0.717) is 5.69 Å². The van der Waals surface area contributed by atoms with E-state index in [4.69, 9.17) is 4.74 Å². The van der Waals surface area contributed by atoms with E-state index in [9.17, 15) is 14.0 Å². The molecule has 0 saturated heterocycles. The Morgan fingerprint density at radius 2 is 1.93 bits per heavy atom. The fraction of sp³-hybridized carbons (Fsp3) is 0.143. The Morgan fingerprint density at radius 3 is 2.64 bits per heavy atom. The van der Waals surface area contributed by atoms with Gasteiger partial charge in [-0.25, -0.2) is 4.39 Å². The molecule has 0 unspecified atom stereocenters. The number of hydrogen-bond acceptors (Lipinski definition) is 4. The fourth-order valence-corrected chi connectivity index (χ4v) is 3.04. The Kier molecular flexibility index (Phi) is 6.16. The SMILES string of the molecule is CSc1cccc(NC(=O)c2cc(=O)c(OCc3ccc(F)cc3)cn2C)c1. The van der Waals surface area contributed by atoms with Gasteiger partial charge in [0.1, 0.15) is 18.1 Å². The maximum atomic E-state index is 13.0. The molecule has 0 aliphatic rings. The molecule has 3 rings (SSSR count). The molecule has 0 spiro atoms. The predicted octanol–water partition coefficient (Wildman–Crippen LogP) is 4.08. The molecule has 1 N–H and O–H groups in total. The number of hydrogen-bond donors (Lipinski definition) is 1. The molecule has 0 aliphatic carbocycles. The Balaban J connectivity index is 1.74. The fourth-order valence-electron chi connectivity index (χ4n) is 2.58. The summed E-state index contributed by atoms with van der Waals surface area (Å²) in [6.45, 7) is 0.128. The molecule has 1 aromatic heterocycles. The summed E-state index contributed by atoms with van der Waals surface area (Å²) >= 11 is 1.57. The third-order valence-corrected chi connectivity index (χ3v) is 4.79. The Labute approximate surface area is 166 Å². The third-order valence-electron chi connectivity index (χ3n) is 4.07. The highest BCUT2D eigenvalue weighted by molar-refractivity contribution is 7.98. The van der Waals surface area contributed by atoms with Gasteiger partial charge in [-0.15, -0.1) is 11.8 Å². The second-order valence-corrected chi connectivity index (χ2v) is 6.98. The molecule has 3 aromatic rings. The lowest BCUT2D eigenvalue weighted by molar-refractivity contribution is 0.101. The van der Waals surface area contributed by atoms with Crippen molar-refractivity contribution >= 4 is 23.4 Å². The summed E-state index contributed by atoms with van der Waals surface area (Å²) in [4.78, 5) is 25.9. The Hall–Kier alpha value is -3.06. The van der Waals surface area contributed by atoms with Gasteiger partial charge < -0.3 is 14.6 Å². The van der Waals surface area contributed by atoms with E-state index >= 15 is 0 Å². The summed E-state index contributed by atoms with van der Waals surface area (Å²) in [5.74, 6) is -0.603. The first-order chi connectivity index (χ1) is 13.5. The van der Waals surface area contributed by atoms with E-state index in [1.165, 1.54) is 29.0 Å². The van der Waals surface area contributed by atoms with Crippen LogP contribution in [0.15, 0.2) is 70.5 Å². The molecule has 0 aliphatic heterocycles. The van der Waals surface area contributed by atoms with E-state index in [1.54, 1.807) is 37.0 Å². The van der Waals surface area contributed by atoms with Crippen LogP contribution in [0.2, 0.25) is 0 Å². The number of carbonyl (C=O) groups is 1. The lowest BCUT2D eigenvalue weighted by Crippen LogP contribution is -2.21. The number of nitrogens with zero attached hydrogens (tertiary/aromatic N) is 1. The molecule has 144 valence electrons. The highest BCUT2D eigenvalue weighted by atomic mass is 32.2. The van der Waals surface area contributed by atoms with Gasteiger partial charge in [-0.3, -0.25) is 9.59 Å². The number of ether oxygens (including phenoxy) is 1. The molecule has 28 heavy (non-hydrogen) atoms. The van der Waals surface area contributed by atoms with E-state index in [1.807, 2.05) is 24.5 Å². The van der Waals surface area contributed by atoms with Crippen molar-refractivity contribution in [1.82, 2.24) is 4.57 Å². The third kappa shape index (κ3) is 4.80. The molecule has 0 fully saturated rings. The van der Waals surface area contributed by atoms with Crippen LogP contribution in [0.4, 0.5) is 10.1 Å². The zero-order valence-electron chi connectivity index (χ0n) is 15.4. The number of nitrogens with one attached hydrogen (secondary N) is 1. The van der Waals surface area contributed by atoms with Crippen molar-refractivity contribution in [2.75, 3.05) is 11.6 Å². The minimum Gasteiger partial charge on any atom is -0.483 e. The molecule has 0 atom stereocenters. The number of aryl methyl sites for hydroxylation is 1. The van der Waals surface area contributed by atoms with Gasteiger partial charge in [0.05, 0.1) is 6.20 Å². The van der Waals surface area contributed by atoms with E-state index in [0.717, 1.165) is 10.5 Å². The van der Waals surface area contributed by atoms with Crippen LogP contribution in [0.1, 0.15) is 16.1 Å². The van der Waals surface area contributed by atoms with Gasteiger partial charge in [0.25, 0.3) is 5.91 Å². The smallest absolute Gasteiger partial charge is 0.272 e. The van der Waals surface area contributed by atoms with Crippen molar-refractivity contribution in [2.45, 2.75) is 11.5 Å². The minimum absolute atomic E-state index is 0.118. The highest BCUT2D eigenvalue weighted by Crippen LogP contribution is 2.19. The van der Waals surface area contributed by atoms with Gasteiger partial charge in [-0.05, 0) is 42.2 Å². The second kappa shape index (κ2) is 8.75. The molecule has 2 aromatic carbocycles. The maximum absolute atomic E-state index is 13.0. The van der Waals surface area contributed by atoms with Gasteiger partial charge in [0.15, 0.2) is 5.75 Å². The zero-order chi connectivity index (χ0) is 20.1. The zero-order valence-corrected chi connectivity index (χ0v) is 16.3. The summed E-state index contributed by atoms with van der Waals surface area (Å²) in [6.07, 6.45) is 3.42. The number of amides is 1. The number of thioether (sulfide) groups is 1. The van der Waals surface area contributed by atoms with Gasteiger partial charge in [0, 0.05) is 23.7 Å². The van der Waals surface area contributed by atoms with Crippen molar-refractivity contribution in [3.05, 3.63) is 88.1 Å². The largest absolute Gasteiger partial charge is 0.483 e. The van der Waals surface area contributed by atoms with Gasteiger partial charge in [-0.1, -0.05) is 18.2 Å². The lowest BCUT2D eigenvalue weighted by atomic mass is 10.2. The number of benzene rings is 2. The van der Waals surface area contributed by atoms with Crippen molar-refractivity contribution in [1.29, 1.82) is 0 Å². The first-order valence-electron chi connectivity index (χ1n) is 8.49. The van der Waals surface area contributed by atoms with Crippen LogP contribution in [-0.2, 0) is 13.7 Å². The standard InChI is InChI=1S/C21H19FN2O3S/c1-24-12-20(27-13-14-6-8-15(22)9-7-14)19(25)11-18(24)21(26)23-16-4-3-5-17(10-16)28-2/h3-12H,13H2,1-2H3,(H,23,26). The maximum Gasteiger partial charge on any atom is 0.272 e. The molecular formula is C21H19FN2O3S. The first-order valence-corrected chi connectivity index (χ1v) is 9.72. The number of rotatable bonds is 6. The second-order valence-electron chi connectivity index (χ2n) is 6.10. The molecule has 0 radical (unpaired) electrons. The number of aromatic nitrogens is 1. The number of carbonyl (C=O) groups excluding carboxylic acids is 1. The summed E-state index contributed by atoms with van der Waals surface area (Å²) < 4.78 is 20.0. The van der Waals surface area contributed by atoms with E-state index in [-0.39, 0.29) is 29.8 Å². The lowest BCUT2D eigenvalue weighted by Gasteiger charge is -2.12. The molecule has 1 amide bonds. The Morgan fingerprint density at radius 1 is 1.18 bits per heavy atom. The van der Waals surface area contributed by atoms with Crippen LogP contribution >= 0.6 is 11.8 Å². The normalized spacial score (nSPS) is 10.5. The quantitative estimate of drug-likeness (QED) is 0.636. The van der Waals surface area contributed by atoms with E-state index < -0.39 is 5.43 Å². The van der Waals surface area contributed by atoms with Crippen LogP contribution in [-0.4, -0.2) is 16.7 Å². The molecule has 5 nitrogen and oxygen atoms in total. The topological polar surface area (TPSA) is 60.3 Å².